The van der Waals surface area contributed by atoms with Crippen molar-refractivity contribution in [3.8, 4) is 18.2 Å². The molecule has 3 aliphatic rings. The Hall–Kier alpha value is -7.70. The first-order valence-corrected chi connectivity index (χ1v) is 36.4. The zero-order chi connectivity index (χ0) is 67.4. The minimum absolute atomic E-state index is 0.0120. The van der Waals surface area contributed by atoms with E-state index in [4.69, 9.17) is 50.6 Å². The smallest absolute Gasteiger partial charge is 0.268 e. The van der Waals surface area contributed by atoms with Gasteiger partial charge in [-0.25, -0.2) is 16.8 Å². The van der Waals surface area contributed by atoms with E-state index in [1.807, 2.05) is 53.1 Å². The van der Waals surface area contributed by atoms with Gasteiger partial charge in [-0.1, -0.05) is 91.5 Å². The van der Waals surface area contributed by atoms with E-state index in [-0.39, 0.29) is 97.2 Å². The Labute approximate surface area is 556 Å². The van der Waals surface area contributed by atoms with Crippen molar-refractivity contribution in [1.82, 2.24) is 45.6 Å². The summed E-state index contributed by atoms with van der Waals surface area (Å²) in [6.45, 7) is 1.03. The maximum absolute atomic E-state index is 13.3. The molecule has 0 aliphatic heterocycles. The molecular weight excluding hydrogens is 1300 g/mol. The second-order valence-corrected chi connectivity index (χ2v) is 29.6. The van der Waals surface area contributed by atoms with E-state index in [9.17, 15) is 50.7 Å². The molecule has 0 bridgehead atoms. The lowest BCUT2D eigenvalue weighted by Gasteiger charge is -2.31. The van der Waals surface area contributed by atoms with Gasteiger partial charge >= 0.3 is 0 Å². The predicted octanol–water partition coefficient (Wildman–Crippen LogP) is 7.92. The number of hydrogen-bond donors (Lipinski definition) is 7. The fourth-order valence-corrected chi connectivity index (χ4v) is 14.3. The number of rotatable bonds is 23. The second kappa shape index (κ2) is 34.5. The zero-order valence-corrected chi connectivity index (χ0v) is 55.9. The molecule has 0 spiro atoms. The van der Waals surface area contributed by atoms with Gasteiger partial charge in [-0.15, -0.1) is 0 Å². The normalized spacial score (nSPS) is 18.8. The summed E-state index contributed by atoms with van der Waals surface area (Å²) in [6.07, 6.45) is 13.1. The molecule has 3 saturated carbocycles. The molecule has 498 valence electrons. The largest absolute Gasteiger partial charge is 0.396 e. The molecule has 6 atom stereocenters. The molecule has 3 fully saturated rings. The van der Waals surface area contributed by atoms with Crippen LogP contribution in [0, 0.1) is 51.7 Å². The van der Waals surface area contributed by atoms with Crippen molar-refractivity contribution in [3.05, 3.63) is 105 Å². The number of carbonyl (C=O) groups is 6. The summed E-state index contributed by atoms with van der Waals surface area (Å²) < 4.78 is 51.7. The number of hydrogen-bond acceptors (Lipinski definition) is 14. The molecule has 6 aromatic rings. The van der Waals surface area contributed by atoms with Crippen LogP contribution in [0.3, 0.4) is 0 Å². The third kappa shape index (κ3) is 20.6. The highest BCUT2D eigenvalue weighted by molar-refractivity contribution is 7.90. The van der Waals surface area contributed by atoms with Crippen LogP contribution in [-0.4, -0.2) is 139 Å². The van der Waals surface area contributed by atoms with Crippen molar-refractivity contribution in [2.75, 3.05) is 50.3 Å². The number of aliphatic hydroxyl groups is 1. The molecule has 3 aromatic carbocycles. The Morgan fingerprint density at radius 3 is 1.01 bits per heavy atom. The van der Waals surface area contributed by atoms with E-state index in [1.165, 1.54) is 12.5 Å². The molecule has 0 unspecified atom stereocenters. The average molecular weight is 1370 g/mol. The molecule has 0 saturated heterocycles. The summed E-state index contributed by atoms with van der Waals surface area (Å²) in [5.41, 5.74) is 3.63. The molecule has 23 nitrogen and oxygen atoms in total. The number of fused-ring (bicyclic) bond motifs is 3. The van der Waals surface area contributed by atoms with Gasteiger partial charge in [0.05, 0.1) is 64.0 Å². The number of halogens is 3. The minimum Gasteiger partial charge on any atom is -0.396 e. The lowest BCUT2D eigenvalue weighted by Crippen LogP contribution is -2.48. The van der Waals surface area contributed by atoms with Gasteiger partial charge in [-0.2, -0.15) is 15.8 Å². The van der Waals surface area contributed by atoms with Crippen molar-refractivity contribution in [1.29, 1.82) is 15.8 Å². The van der Waals surface area contributed by atoms with E-state index in [1.54, 1.807) is 51.6 Å². The minimum atomic E-state index is -3.13. The number of nitriles is 3. The fourth-order valence-electron chi connectivity index (χ4n) is 12.5. The number of amides is 6. The fraction of sp³-hybridized carbons (Fsp3) is 0.492. The van der Waals surface area contributed by atoms with Crippen LogP contribution in [-0.2, 0) is 53.7 Å². The lowest BCUT2D eigenvalue weighted by molar-refractivity contribution is -0.127. The van der Waals surface area contributed by atoms with Crippen molar-refractivity contribution >= 4 is 123 Å². The molecule has 9 rings (SSSR count). The van der Waals surface area contributed by atoms with E-state index in [0.29, 0.717) is 103 Å². The van der Waals surface area contributed by atoms with Gasteiger partial charge in [0.1, 0.15) is 56.4 Å². The van der Waals surface area contributed by atoms with Crippen LogP contribution >= 0.6 is 34.8 Å². The van der Waals surface area contributed by atoms with Gasteiger partial charge in [0.2, 0.25) is 17.7 Å². The van der Waals surface area contributed by atoms with Crippen LogP contribution < -0.4 is 31.9 Å². The average Bonchev–Trinajstić information content (AvgIpc) is 1.70. The molecule has 3 aromatic heterocycles. The highest BCUT2D eigenvalue weighted by Gasteiger charge is 2.36. The number of aromatic nitrogens is 3. The third-order valence-corrected chi connectivity index (χ3v) is 19.7. The topological polar surface area (TPSA) is 349 Å². The Morgan fingerprint density at radius 1 is 0.462 bits per heavy atom. The number of aryl methyl sites for hydroxylation is 3. The quantitative estimate of drug-likeness (QED) is 0.0300. The lowest BCUT2D eigenvalue weighted by atomic mass is 9.83. The van der Waals surface area contributed by atoms with Gasteiger partial charge in [0, 0.05) is 88.1 Å². The molecule has 7 N–H and O–H groups in total. The zero-order valence-electron chi connectivity index (χ0n) is 52.0. The molecule has 28 heteroatoms. The number of carbonyl (C=O) groups excluding carboxylic acids is 6. The van der Waals surface area contributed by atoms with E-state index < -0.39 is 31.5 Å². The Balaban J connectivity index is 0.000000198. The van der Waals surface area contributed by atoms with Gasteiger partial charge in [0.15, 0.2) is 0 Å². The summed E-state index contributed by atoms with van der Waals surface area (Å²) in [5.74, 6) is -2.62. The Morgan fingerprint density at radius 2 is 0.742 bits per heavy atom. The summed E-state index contributed by atoms with van der Waals surface area (Å²) in [5, 5.41) is 56.4. The first-order valence-electron chi connectivity index (χ1n) is 31.1. The van der Waals surface area contributed by atoms with Gasteiger partial charge in [-0.3, -0.25) is 28.8 Å². The van der Waals surface area contributed by atoms with Crippen LogP contribution in [0.25, 0.3) is 32.7 Å². The van der Waals surface area contributed by atoms with E-state index in [0.717, 1.165) is 77.7 Å². The summed E-state index contributed by atoms with van der Waals surface area (Å²) in [7, 11) is -6.25. The number of sulfone groups is 2. The van der Waals surface area contributed by atoms with Crippen molar-refractivity contribution in [3.63, 3.8) is 0 Å². The van der Waals surface area contributed by atoms with Crippen molar-refractivity contribution in [2.24, 2.45) is 17.8 Å². The highest BCUT2D eigenvalue weighted by atomic mass is 35.5. The molecule has 6 amide bonds. The molecule has 3 aliphatic carbocycles. The highest BCUT2D eigenvalue weighted by Crippen LogP contribution is 2.32. The molecule has 3 heterocycles. The van der Waals surface area contributed by atoms with Crippen LogP contribution in [0.4, 0.5) is 0 Å². The van der Waals surface area contributed by atoms with Crippen LogP contribution in [0.2, 0.25) is 15.1 Å². The SMILES string of the molecule is CS(=O)(=O)CCCn1c(C(=O)N[C@H]2CCCC[C@H]2C(=O)NCC#N)cc2ccc(Cl)cc21.CS(=O)(=O)CCCn1c(C(=O)N[C@H]2CCCC[C@H]2C(=O)NCC#N)cc2ccc(Cl)cc21.N#CCNC(=O)[C@@H]1CCCC[C@@H]1NC(=O)c1cc2ccc(Cl)cc2n1CCCO. The molecule has 0 radical (unpaired) electrons. The number of benzene rings is 3. The molecule has 93 heavy (non-hydrogen) atoms. The maximum atomic E-state index is 13.3. The first kappa shape index (κ1) is 72.7. The Bertz CT molecular complexity index is 3870. The summed E-state index contributed by atoms with van der Waals surface area (Å²) in [6, 6.07) is 26.2. The third-order valence-electron chi connectivity index (χ3n) is 16.9. The van der Waals surface area contributed by atoms with Crippen LogP contribution in [0.15, 0.2) is 72.8 Å². The number of nitrogens with zero attached hydrogens (tertiary/aromatic N) is 6. The second-order valence-electron chi connectivity index (χ2n) is 23.7. The van der Waals surface area contributed by atoms with E-state index in [2.05, 4.69) is 31.9 Å². The first-order chi connectivity index (χ1) is 44.4. The van der Waals surface area contributed by atoms with Crippen molar-refractivity contribution < 1.29 is 50.7 Å². The van der Waals surface area contributed by atoms with Crippen LogP contribution in [0.5, 0.6) is 0 Å². The summed E-state index contributed by atoms with van der Waals surface area (Å²) >= 11 is 18.5. The van der Waals surface area contributed by atoms with E-state index >= 15 is 0 Å². The van der Waals surface area contributed by atoms with Gasteiger partial charge in [-0.05, 0) is 112 Å². The Kier molecular flexibility index (Phi) is 26.9. The number of aliphatic hydroxyl groups excluding tert-OH is 1. The van der Waals surface area contributed by atoms with Crippen LogP contribution in [0.1, 0.15) is 128 Å². The standard InChI is InChI=1S/2C22H27ClN4O4S.C21H25ClN4O3/c2*1-32(30,31)12-4-11-27-19-14-16(23)8-7-15(19)13-20(27)22(29)26-18-6-3-2-5-17(18)21(28)25-10-9-24;22-15-7-6-14-12-19(26(10-3-11-27)18(14)13-15)21(29)25-17-5-2-1-4-16(17)20(28)24-9-8-23/h2*7-8,13-14,17-18H,2-6,10-12H2,1H3,(H,25,28)(H,26,29);6-7,12-13,16-17,27H,1-5,9-11H2,(H,24,28)(H,25,29)/t2*17-,18+;16-,17+/m111/s1. The monoisotopic (exact) mass is 1370 g/mol. The molecular formula is C65H79Cl3N12O11S2. The van der Waals surface area contributed by atoms with Gasteiger partial charge < -0.3 is 50.7 Å². The summed E-state index contributed by atoms with van der Waals surface area (Å²) in [4.78, 5) is 77.0. The number of nitrogens with one attached hydrogen (secondary N) is 6. The predicted molar refractivity (Wildman–Crippen MR) is 357 cm³/mol. The van der Waals surface area contributed by atoms with Crippen molar-refractivity contribution in [2.45, 2.75) is 134 Å². The van der Waals surface area contributed by atoms with Gasteiger partial charge in [0.25, 0.3) is 17.7 Å². The maximum Gasteiger partial charge on any atom is 0.268 e.